The Morgan fingerprint density at radius 2 is 2.00 bits per heavy atom. The predicted octanol–water partition coefficient (Wildman–Crippen LogP) is 2.41. The van der Waals surface area contributed by atoms with Gasteiger partial charge in [0.2, 0.25) is 5.91 Å². The van der Waals surface area contributed by atoms with Crippen molar-refractivity contribution < 1.29 is 24.2 Å². The van der Waals surface area contributed by atoms with Crippen LogP contribution in [0.5, 0.6) is 11.5 Å². The van der Waals surface area contributed by atoms with E-state index in [-0.39, 0.29) is 12.3 Å². The fourth-order valence-corrected chi connectivity index (χ4v) is 3.38. The van der Waals surface area contributed by atoms with Gasteiger partial charge < -0.3 is 19.9 Å². The SMILES string of the molecule is O=C(CC1(C(=O)O)CCC1)NCCc1cc(Cl)c2c(c1)OCCO2. The van der Waals surface area contributed by atoms with E-state index in [9.17, 15) is 14.7 Å². The Morgan fingerprint density at radius 1 is 1.25 bits per heavy atom. The van der Waals surface area contributed by atoms with Crippen LogP contribution in [0.1, 0.15) is 31.2 Å². The minimum Gasteiger partial charge on any atom is -0.486 e. The summed E-state index contributed by atoms with van der Waals surface area (Å²) in [5, 5.41) is 12.5. The molecule has 0 bridgehead atoms. The molecule has 1 fully saturated rings. The molecule has 1 aromatic carbocycles. The van der Waals surface area contributed by atoms with Crippen LogP contribution in [0.2, 0.25) is 5.02 Å². The van der Waals surface area contributed by atoms with Gasteiger partial charge in [-0.15, -0.1) is 0 Å². The molecule has 1 saturated carbocycles. The average Bonchev–Trinajstić information content (AvgIpc) is 2.50. The molecule has 0 saturated heterocycles. The van der Waals surface area contributed by atoms with Crippen molar-refractivity contribution in [3.05, 3.63) is 22.7 Å². The molecule has 0 spiro atoms. The number of hydrogen-bond donors (Lipinski definition) is 2. The van der Waals surface area contributed by atoms with Gasteiger partial charge in [0.25, 0.3) is 0 Å². The molecule has 2 aliphatic rings. The summed E-state index contributed by atoms with van der Waals surface area (Å²) in [5.74, 6) is 0.0849. The molecule has 1 aromatic rings. The molecule has 6 nitrogen and oxygen atoms in total. The molecule has 0 unspecified atom stereocenters. The maximum atomic E-state index is 12.0. The highest BCUT2D eigenvalue weighted by Gasteiger charge is 2.45. The number of carbonyl (C=O) groups excluding carboxylic acids is 1. The minimum absolute atomic E-state index is 0.0459. The van der Waals surface area contributed by atoms with E-state index in [1.807, 2.05) is 6.07 Å². The smallest absolute Gasteiger partial charge is 0.310 e. The number of carboxylic acids is 1. The van der Waals surface area contributed by atoms with Gasteiger partial charge in [0.15, 0.2) is 11.5 Å². The monoisotopic (exact) mass is 353 g/mol. The summed E-state index contributed by atoms with van der Waals surface area (Å²) in [4.78, 5) is 23.3. The number of halogens is 1. The van der Waals surface area contributed by atoms with Crippen molar-refractivity contribution in [2.45, 2.75) is 32.1 Å². The lowest BCUT2D eigenvalue weighted by Gasteiger charge is -2.36. The maximum absolute atomic E-state index is 12.0. The second-order valence-electron chi connectivity index (χ2n) is 6.32. The van der Waals surface area contributed by atoms with Crippen molar-refractivity contribution in [2.24, 2.45) is 5.41 Å². The van der Waals surface area contributed by atoms with Crippen molar-refractivity contribution in [2.75, 3.05) is 19.8 Å². The molecule has 0 atom stereocenters. The Bertz CT molecular complexity index is 657. The fraction of sp³-hybridized carbons (Fsp3) is 0.529. The van der Waals surface area contributed by atoms with E-state index in [1.165, 1.54) is 0 Å². The van der Waals surface area contributed by atoms with E-state index < -0.39 is 11.4 Å². The van der Waals surface area contributed by atoms with Gasteiger partial charge in [0.1, 0.15) is 13.2 Å². The number of nitrogens with one attached hydrogen (secondary N) is 1. The largest absolute Gasteiger partial charge is 0.486 e. The zero-order valence-corrected chi connectivity index (χ0v) is 14.0. The molecule has 1 aliphatic heterocycles. The number of ether oxygens (including phenoxy) is 2. The lowest BCUT2D eigenvalue weighted by atomic mass is 9.66. The highest BCUT2D eigenvalue weighted by molar-refractivity contribution is 6.32. The third-order valence-corrected chi connectivity index (χ3v) is 4.94. The summed E-state index contributed by atoms with van der Waals surface area (Å²) in [6.45, 7) is 1.39. The zero-order valence-electron chi connectivity index (χ0n) is 13.3. The number of carbonyl (C=O) groups is 2. The average molecular weight is 354 g/mol. The van der Waals surface area contributed by atoms with E-state index in [2.05, 4.69) is 5.32 Å². The van der Waals surface area contributed by atoms with Crippen LogP contribution >= 0.6 is 11.6 Å². The predicted molar refractivity (Wildman–Crippen MR) is 87.7 cm³/mol. The van der Waals surface area contributed by atoms with Crippen molar-refractivity contribution in [3.63, 3.8) is 0 Å². The molecule has 130 valence electrons. The molecule has 1 heterocycles. The van der Waals surface area contributed by atoms with Crippen molar-refractivity contribution in [1.29, 1.82) is 0 Å². The van der Waals surface area contributed by atoms with Gasteiger partial charge in [-0.05, 0) is 37.0 Å². The normalized spacial score (nSPS) is 17.7. The quantitative estimate of drug-likeness (QED) is 0.820. The van der Waals surface area contributed by atoms with Crippen LogP contribution in [0, 0.1) is 5.41 Å². The van der Waals surface area contributed by atoms with Gasteiger partial charge in [-0.3, -0.25) is 9.59 Å². The first-order chi connectivity index (χ1) is 11.5. The van der Waals surface area contributed by atoms with Gasteiger partial charge in [0.05, 0.1) is 10.4 Å². The van der Waals surface area contributed by atoms with E-state index in [1.54, 1.807) is 6.07 Å². The lowest BCUT2D eigenvalue weighted by Crippen LogP contribution is -2.42. The van der Waals surface area contributed by atoms with Crippen LogP contribution in [0.15, 0.2) is 12.1 Å². The van der Waals surface area contributed by atoms with Gasteiger partial charge in [-0.25, -0.2) is 0 Å². The Kier molecular flexibility index (Phi) is 4.85. The molecule has 7 heteroatoms. The Hall–Kier alpha value is -1.95. The van der Waals surface area contributed by atoms with Crippen LogP contribution in [0.4, 0.5) is 0 Å². The third kappa shape index (κ3) is 3.43. The topological polar surface area (TPSA) is 84.9 Å². The third-order valence-electron chi connectivity index (χ3n) is 4.66. The highest BCUT2D eigenvalue weighted by Crippen LogP contribution is 2.44. The zero-order chi connectivity index (χ0) is 17.2. The van der Waals surface area contributed by atoms with E-state index >= 15 is 0 Å². The van der Waals surface area contributed by atoms with Crippen molar-refractivity contribution in [3.8, 4) is 11.5 Å². The first-order valence-electron chi connectivity index (χ1n) is 8.08. The number of carboxylic acid groups (broad SMARTS) is 1. The summed E-state index contributed by atoms with van der Waals surface area (Å²) < 4.78 is 11.0. The van der Waals surface area contributed by atoms with Crippen LogP contribution in [-0.2, 0) is 16.0 Å². The standard InChI is InChI=1S/C17H20ClNO5/c18-12-8-11(9-13-15(12)24-7-6-23-13)2-5-19-14(20)10-17(16(21)22)3-1-4-17/h8-9H,1-7,10H2,(H,19,20)(H,21,22). The van der Waals surface area contributed by atoms with E-state index in [0.717, 1.165) is 12.0 Å². The Balaban J connectivity index is 1.52. The molecule has 1 amide bonds. The van der Waals surface area contributed by atoms with Crippen molar-refractivity contribution >= 4 is 23.5 Å². The maximum Gasteiger partial charge on any atom is 0.310 e. The van der Waals surface area contributed by atoms with Crippen LogP contribution in [0.3, 0.4) is 0 Å². The van der Waals surface area contributed by atoms with Gasteiger partial charge in [0, 0.05) is 13.0 Å². The second-order valence-corrected chi connectivity index (χ2v) is 6.72. The molecule has 3 rings (SSSR count). The summed E-state index contributed by atoms with van der Waals surface area (Å²) in [7, 11) is 0. The molecular weight excluding hydrogens is 334 g/mol. The van der Waals surface area contributed by atoms with Gasteiger partial charge in [-0.1, -0.05) is 18.0 Å². The Morgan fingerprint density at radius 3 is 2.67 bits per heavy atom. The molecule has 24 heavy (non-hydrogen) atoms. The number of rotatable bonds is 6. The molecule has 0 aromatic heterocycles. The van der Waals surface area contributed by atoms with Gasteiger partial charge in [-0.2, -0.15) is 0 Å². The second kappa shape index (κ2) is 6.89. The fourth-order valence-electron chi connectivity index (χ4n) is 3.09. The first-order valence-corrected chi connectivity index (χ1v) is 8.46. The van der Waals surface area contributed by atoms with Crippen LogP contribution in [0.25, 0.3) is 0 Å². The molecule has 0 radical (unpaired) electrons. The van der Waals surface area contributed by atoms with E-state index in [0.29, 0.717) is 55.5 Å². The Labute approximate surface area is 145 Å². The number of fused-ring (bicyclic) bond motifs is 1. The summed E-state index contributed by atoms with van der Waals surface area (Å²) >= 11 is 6.18. The summed E-state index contributed by atoms with van der Waals surface area (Å²) in [6, 6.07) is 3.66. The summed E-state index contributed by atoms with van der Waals surface area (Å²) in [6.07, 6.45) is 2.66. The van der Waals surface area contributed by atoms with Gasteiger partial charge >= 0.3 is 5.97 Å². The van der Waals surface area contributed by atoms with Crippen LogP contribution < -0.4 is 14.8 Å². The molecule has 1 aliphatic carbocycles. The number of hydrogen-bond acceptors (Lipinski definition) is 4. The first kappa shape index (κ1) is 16.9. The molecule has 2 N–H and O–H groups in total. The minimum atomic E-state index is -0.873. The van der Waals surface area contributed by atoms with E-state index in [4.69, 9.17) is 21.1 Å². The number of benzene rings is 1. The van der Waals surface area contributed by atoms with Crippen LogP contribution in [-0.4, -0.2) is 36.7 Å². The lowest BCUT2D eigenvalue weighted by molar-refractivity contribution is -0.157. The van der Waals surface area contributed by atoms with Crippen molar-refractivity contribution in [1.82, 2.24) is 5.32 Å². The number of aliphatic carboxylic acids is 1. The number of amides is 1. The molecular formula is C17H20ClNO5. The summed E-state index contributed by atoms with van der Waals surface area (Å²) in [5.41, 5.74) is 0.0749. The highest BCUT2D eigenvalue weighted by atomic mass is 35.5.